The van der Waals surface area contributed by atoms with E-state index in [0.29, 0.717) is 5.56 Å². The molecule has 0 N–H and O–H groups in total. The van der Waals surface area contributed by atoms with Crippen LogP contribution >= 0.6 is 0 Å². The van der Waals surface area contributed by atoms with Crippen molar-refractivity contribution < 1.29 is 26.4 Å². The minimum absolute atomic E-state index is 0.0333. The molecule has 2 aromatic rings. The van der Waals surface area contributed by atoms with Gasteiger partial charge in [0, 0.05) is 26.2 Å². The van der Waals surface area contributed by atoms with Crippen LogP contribution in [0.4, 0.5) is 0 Å². The highest BCUT2D eigenvalue weighted by Crippen LogP contribution is 2.25. The fourth-order valence-electron chi connectivity index (χ4n) is 3.40. The lowest BCUT2D eigenvalue weighted by Crippen LogP contribution is -2.50. The summed E-state index contributed by atoms with van der Waals surface area (Å²) in [6.07, 6.45) is 0. The summed E-state index contributed by atoms with van der Waals surface area (Å²) in [6.45, 7) is 1.43. The summed E-state index contributed by atoms with van der Waals surface area (Å²) in [6, 6.07) is 12.0. The predicted octanol–water partition coefficient (Wildman–Crippen LogP) is 1.35. The molecule has 1 heterocycles. The predicted molar refractivity (Wildman–Crippen MR) is 111 cm³/mol. The Morgan fingerprint density at radius 3 is 2.00 bits per heavy atom. The molecule has 1 aliphatic rings. The van der Waals surface area contributed by atoms with E-state index in [2.05, 4.69) is 4.74 Å². The molecule has 0 saturated carbocycles. The molecule has 1 aliphatic heterocycles. The first-order valence-corrected chi connectivity index (χ1v) is 12.2. The number of benzene rings is 2. The summed E-state index contributed by atoms with van der Waals surface area (Å²) in [5.41, 5.74) is 0.672. The first-order valence-electron chi connectivity index (χ1n) is 9.31. The number of methoxy groups -OCH3 is 1. The second-order valence-electron chi connectivity index (χ2n) is 6.89. The van der Waals surface area contributed by atoms with E-state index in [1.54, 1.807) is 13.0 Å². The number of sulfonamides is 2. The van der Waals surface area contributed by atoms with Crippen LogP contribution in [0.25, 0.3) is 0 Å². The number of carbonyl (C=O) groups excluding carboxylic acids is 1. The molecule has 0 aliphatic carbocycles. The first kappa shape index (κ1) is 22.9. The molecule has 9 nitrogen and oxygen atoms in total. The van der Waals surface area contributed by atoms with Crippen molar-refractivity contribution in [2.45, 2.75) is 16.7 Å². The van der Waals surface area contributed by atoms with Crippen LogP contribution in [0, 0.1) is 18.3 Å². The van der Waals surface area contributed by atoms with Gasteiger partial charge in [0.2, 0.25) is 20.0 Å². The quantitative estimate of drug-likeness (QED) is 0.613. The van der Waals surface area contributed by atoms with Crippen molar-refractivity contribution in [1.82, 2.24) is 8.61 Å². The highest BCUT2D eigenvalue weighted by molar-refractivity contribution is 7.89. The van der Waals surface area contributed by atoms with Gasteiger partial charge in [0.25, 0.3) is 0 Å². The van der Waals surface area contributed by atoms with E-state index < -0.39 is 26.0 Å². The molecule has 11 heteroatoms. The largest absolute Gasteiger partial charge is 0.465 e. The van der Waals surface area contributed by atoms with E-state index in [9.17, 15) is 26.9 Å². The number of aryl methyl sites for hydroxylation is 1. The van der Waals surface area contributed by atoms with Crippen molar-refractivity contribution in [2.75, 3.05) is 33.3 Å². The number of rotatable bonds is 5. The van der Waals surface area contributed by atoms with Crippen molar-refractivity contribution in [1.29, 1.82) is 5.26 Å². The van der Waals surface area contributed by atoms with Crippen LogP contribution in [-0.4, -0.2) is 64.7 Å². The topological polar surface area (TPSA) is 125 Å². The molecule has 0 bridgehead atoms. The maximum atomic E-state index is 13.1. The van der Waals surface area contributed by atoms with Gasteiger partial charge in [0.1, 0.15) is 6.07 Å². The molecule has 0 radical (unpaired) electrons. The second-order valence-corrected chi connectivity index (χ2v) is 10.7. The molecule has 3 rings (SSSR count). The zero-order valence-corrected chi connectivity index (χ0v) is 18.6. The molecule has 31 heavy (non-hydrogen) atoms. The highest BCUT2D eigenvalue weighted by atomic mass is 32.2. The first-order chi connectivity index (χ1) is 14.6. The molecular weight excluding hydrogens is 442 g/mol. The van der Waals surface area contributed by atoms with Gasteiger partial charge < -0.3 is 4.74 Å². The Labute approximate surface area is 181 Å². The highest BCUT2D eigenvalue weighted by Gasteiger charge is 2.35. The molecule has 0 amide bonds. The summed E-state index contributed by atoms with van der Waals surface area (Å²) in [5.74, 6) is -0.566. The minimum atomic E-state index is -3.93. The van der Waals surface area contributed by atoms with Gasteiger partial charge in [0.15, 0.2) is 0 Å². The Balaban J connectivity index is 1.80. The molecule has 164 valence electrons. The van der Waals surface area contributed by atoms with Crippen LogP contribution in [0.1, 0.15) is 21.5 Å². The molecule has 0 aromatic heterocycles. The summed E-state index contributed by atoms with van der Waals surface area (Å²) in [7, 11) is -6.57. The molecule has 0 unspecified atom stereocenters. The summed E-state index contributed by atoms with van der Waals surface area (Å²) in [5, 5.41) is 9.20. The third-order valence-electron chi connectivity index (χ3n) is 5.04. The van der Waals surface area contributed by atoms with Crippen molar-refractivity contribution in [3.63, 3.8) is 0 Å². The number of nitrogens with zero attached hydrogens (tertiary/aromatic N) is 3. The van der Waals surface area contributed by atoms with Crippen LogP contribution in [0.5, 0.6) is 0 Å². The SMILES string of the molecule is COC(=O)c1ccc(S(=O)(=O)N2CCN(S(=O)(=O)c3ccccc3C#N)CC2)c(C)c1. The standard InChI is InChI=1S/C20H21N3O6S2/c1-15-13-16(20(24)29-2)7-8-18(15)30(25,26)22-9-11-23(12-10-22)31(27,28)19-6-4-3-5-17(19)14-21/h3-8,13H,9-12H2,1-2H3. The van der Waals surface area contributed by atoms with Gasteiger partial charge in [0.05, 0.1) is 28.0 Å². The van der Waals surface area contributed by atoms with Crippen LogP contribution in [0.15, 0.2) is 52.3 Å². The lowest BCUT2D eigenvalue weighted by Gasteiger charge is -2.33. The van der Waals surface area contributed by atoms with E-state index in [-0.39, 0.29) is 47.1 Å². The van der Waals surface area contributed by atoms with Crippen molar-refractivity contribution in [3.05, 3.63) is 59.2 Å². The number of carbonyl (C=O) groups is 1. The number of esters is 1. The van der Waals surface area contributed by atoms with Gasteiger partial charge >= 0.3 is 5.97 Å². The maximum Gasteiger partial charge on any atom is 0.337 e. The molecule has 0 spiro atoms. The number of hydrogen-bond donors (Lipinski definition) is 0. The van der Waals surface area contributed by atoms with Crippen molar-refractivity contribution >= 4 is 26.0 Å². The Bertz CT molecular complexity index is 1260. The Hall–Kier alpha value is -2.78. The number of hydrogen-bond acceptors (Lipinski definition) is 7. The van der Waals surface area contributed by atoms with E-state index in [1.165, 1.54) is 52.1 Å². The van der Waals surface area contributed by atoms with E-state index in [1.807, 2.05) is 6.07 Å². The summed E-state index contributed by atoms with van der Waals surface area (Å²) < 4.78 is 59.1. The third-order valence-corrected chi connectivity index (χ3v) is 9.05. The second kappa shape index (κ2) is 8.76. The average molecular weight is 464 g/mol. The van der Waals surface area contributed by atoms with Gasteiger partial charge in [-0.05, 0) is 42.8 Å². The average Bonchev–Trinajstić information content (AvgIpc) is 2.78. The molecule has 0 atom stereocenters. The van der Waals surface area contributed by atoms with Crippen LogP contribution in [0.3, 0.4) is 0 Å². The normalized spacial score (nSPS) is 15.9. The van der Waals surface area contributed by atoms with Crippen LogP contribution in [0.2, 0.25) is 0 Å². The summed E-state index contributed by atoms with van der Waals surface area (Å²) in [4.78, 5) is 11.6. The van der Waals surface area contributed by atoms with E-state index in [0.717, 1.165) is 0 Å². The number of piperazine rings is 1. The molecular formula is C20H21N3O6S2. The maximum absolute atomic E-state index is 13.1. The van der Waals surface area contributed by atoms with Crippen LogP contribution < -0.4 is 0 Å². The van der Waals surface area contributed by atoms with Crippen molar-refractivity contribution in [2.24, 2.45) is 0 Å². The lowest BCUT2D eigenvalue weighted by molar-refractivity contribution is 0.0600. The smallest absolute Gasteiger partial charge is 0.337 e. The summed E-state index contributed by atoms with van der Waals surface area (Å²) >= 11 is 0. The fraction of sp³-hybridized carbons (Fsp3) is 0.300. The van der Waals surface area contributed by atoms with Gasteiger partial charge in [-0.25, -0.2) is 21.6 Å². The lowest BCUT2D eigenvalue weighted by atomic mass is 10.1. The Morgan fingerprint density at radius 2 is 1.48 bits per heavy atom. The van der Waals surface area contributed by atoms with Gasteiger partial charge in [-0.3, -0.25) is 0 Å². The van der Waals surface area contributed by atoms with Gasteiger partial charge in [-0.15, -0.1) is 0 Å². The van der Waals surface area contributed by atoms with Crippen molar-refractivity contribution in [3.8, 4) is 6.07 Å². The minimum Gasteiger partial charge on any atom is -0.465 e. The zero-order valence-electron chi connectivity index (χ0n) is 17.0. The monoisotopic (exact) mass is 463 g/mol. The molecule has 1 saturated heterocycles. The van der Waals surface area contributed by atoms with E-state index >= 15 is 0 Å². The number of nitriles is 1. The number of ether oxygens (including phenoxy) is 1. The van der Waals surface area contributed by atoms with Crippen LogP contribution in [-0.2, 0) is 24.8 Å². The third kappa shape index (κ3) is 4.33. The van der Waals surface area contributed by atoms with E-state index in [4.69, 9.17) is 0 Å². The Kier molecular flexibility index (Phi) is 6.47. The zero-order chi connectivity index (χ0) is 22.8. The molecule has 2 aromatic carbocycles. The fourth-order valence-corrected chi connectivity index (χ4v) is 6.59. The van der Waals surface area contributed by atoms with Gasteiger partial charge in [-0.2, -0.15) is 13.9 Å². The van der Waals surface area contributed by atoms with Gasteiger partial charge in [-0.1, -0.05) is 12.1 Å². The Morgan fingerprint density at radius 1 is 0.935 bits per heavy atom. The molecule has 1 fully saturated rings.